The summed E-state index contributed by atoms with van der Waals surface area (Å²) in [5, 5.41) is 2.80. The van der Waals surface area contributed by atoms with Crippen LogP contribution in [0.15, 0.2) is 53.4 Å². The molecule has 2 N–H and O–H groups in total. The first-order chi connectivity index (χ1) is 12.7. The third kappa shape index (κ3) is 5.78. The van der Waals surface area contributed by atoms with Gasteiger partial charge >= 0.3 is 0 Å². The molecule has 0 aliphatic carbocycles. The highest BCUT2D eigenvalue weighted by atomic mass is 32.2. The van der Waals surface area contributed by atoms with E-state index in [9.17, 15) is 13.2 Å². The molecule has 1 atom stereocenters. The molecule has 2 aromatic rings. The normalized spacial score (nSPS) is 12.6. The summed E-state index contributed by atoms with van der Waals surface area (Å²) in [4.78, 5) is 13.5. The molecule has 0 aliphatic heterocycles. The van der Waals surface area contributed by atoms with Crippen LogP contribution in [0.3, 0.4) is 0 Å². The number of hydrogen-bond donors (Lipinski definition) is 2. The number of anilines is 1. The van der Waals surface area contributed by atoms with Crippen LogP contribution in [0.5, 0.6) is 5.75 Å². The van der Waals surface area contributed by atoms with Crippen molar-refractivity contribution in [2.45, 2.75) is 11.4 Å². The molecule has 27 heavy (non-hydrogen) atoms. The van der Waals surface area contributed by atoms with E-state index in [2.05, 4.69) is 5.32 Å². The van der Waals surface area contributed by atoms with Gasteiger partial charge in [-0.1, -0.05) is 12.1 Å². The summed E-state index contributed by atoms with van der Waals surface area (Å²) in [6, 6.07) is 13.9. The summed E-state index contributed by atoms with van der Waals surface area (Å²) >= 11 is 0. The van der Waals surface area contributed by atoms with Crippen LogP contribution in [0.25, 0.3) is 0 Å². The number of methoxy groups -OCH3 is 1. The maximum atomic E-state index is 12.2. The summed E-state index contributed by atoms with van der Waals surface area (Å²) in [6.07, 6.45) is 0. The summed E-state index contributed by atoms with van der Waals surface area (Å²) in [7, 11) is 3.04. The van der Waals surface area contributed by atoms with Gasteiger partial charge in [0.05, 0.1) is 19.1 Å². The zero-order chi connectivity index (χ0) is 20.0. The second kappa shape index (κ2) is 8.98. The van der Waals surface area contributed by atoms with E-state index in [4.69, 9.17) is 4.74 Å². The standard InChI is InChI=1S/C19H25N3O4S/c1-21(2)27(24,25)18-10-8-16(9-11-18)20-19(23)14-22(3)13-15-6-5-7-17(12-15)26-4/h5-12H,13-14H2,1-4H3,(H,20,23)/p+1. The van der Waals surface area contributed by atoms with E-state index in [-0.39, 0.29) is 17.3 Å². The second-order valence-electron chi connectivity index (χ2n) is 6.52. The molecule has 0 radical (unpaired) electrons. The van der Waals surface area contributed by atoms with Gasteiger partial charge in [-0.3, -0.25) is 4.79 Å². The Hall–Kier alpha value is -2.42. The molecule has 0 heterocycles. The van der Waals surface area contributed by atoms with E-state index in [1.165, 1.54) is 26.2 Å². The fraction of sp³-hybridized carbons (Fsp3) is 0.316. The first-order valence-electron chi connectivity index (χ1n) is 8.49. The summed E-state index contributed by atoms with van der Waals surface area (Å²) < 4.78 is 30.5. The topological polar surface area (TPSA) is 80.1 Å². The molecular weight excluding hydrogens is 366 g/mol. The van der Waals surface area contributed by atoms with Crippen LogP contribution in [-0.4, -0.2) is 53.4 Å². The zero-order valence-corrected chi connectivity index (χ0v) is 16.8. The van der Waals surface area contributed by atoms with E-state index < -0.39 is 10.0 Å². The summed E-state index contributed by atoms with van der Waals surface area (Å²) in [5.41, 5.74) is 1.64. The molecule has 8 heteroatoms. The number of ether oxygens (including phenoxy) is 1. The third-order valence-electron chi connectivity index (χ3n) is 4.02. The van der Waals surface area contributed by atoms with Gasteiger partial charge in [-0.25, -0.2) is 12.7 Å². The van der Waals surface area contributed by atoms with Gasteiger partial charge in [-0.15, -0.1) is 0 Å². The molecule has 1 unspecified atom stereocenters. The van der Waals surface area contributed by atoms with Crippen molar-refractivity contribution in [3.8, 4) is 5.75 Å². The minimum Gasteiger partial charge on any atom is -0.497 e. The number of likely N-dealkylation sites (N-methyl/N-ethyl adjacent to an activating group) is 1. The van der Waals surface area contributed by atoms with Crippen molar-refractivity contribution in [2.75, 3.05) is 40.1 Å². The number of sulfonamides is 1. The number of carbonyl (C=O) groups excluding carboxylic acids is 1. The molecular formula is C19H26N3O4S+. The predicted octanol–water partition coefficient (Wildman–Crippen LogP) is 0.599. The van der Waals surface area contributed by atoms with Crippen LogP contribution in [0, 0.1) is 0 Å². The van der Waals surface area contributed by atoms with Crippen molar-refractivity contribution in [2.24, 2.45) is 0 Å². The molecule has 0 saturated heterocycles. The van der Waals surface area contributed by atoms with Crippen LogP contribution in [-0.2, 0) is 21.4 Å². The van der Waals surface area contributed by atoms with Crippen LogP contribution in [0.1, 0.15) is 5.56 Å². The Morgan fingerprint density at radius 2 is 1.81 bits per heavy atom. The number of quaternary nitrogens is 1. The smallest absolute Gasteiger partial charge is 0.279 e. The zero-order valence-electron chi connectivity index (χ0n) is 16.0. The number of nitrogens with zero attached hydrogens (tertiary/aromatic N) is 1. The van der Waals surface area contributed by atoms with E-state index in [1.54, 1.807) is 19.2 Å². The maximum absolute atomic E-state index is 12.2. The van der Waals surface area contributed by atoms with Crippen molar-refractivity contribution in [3.63, 3.8) is 0 Å². The van der Waals surface area contributed by atoms with Gasteiger partial charge in [0, 0.05) is 25.3 Å². The number of nitrogens with one attached hydrogen (secondary N) is 2. The van der Waals surface area contributed by atoms with Gasteiger partial charge in [0.25, 0.3) is 5.91 Å². The van der Waals surface area contributed by atoms with E-state index in [0.29, 0.717) is 12.2 Å². The Bertz CT molecular complexity index is 880. The number of rotatable bonds is 8. The Labute approximate surface area is 160 Å². The molecule has 1 amide bonds. The van der Waals surface area contributed by atoms with Gasteiger partial charge in [0.15, 0.2) is 6.54 Å². The Kier molecular flexibility index (Phi) is 6.95. The monoisotopic (exact) mass is 392 g/mol. The SMILES string of the molecule is COc1cccc(C[NH+](C)CC(=O)Nc2ccc(S(=O)(=O)N(C)C)cc2)c1. The quantitative estimate of drug-likeness (QED) is 0.690. The van der Waals surface area contributed by atoms with E-state index >= 15 is 0 Å². The van der Waals surface area contributed by atoms with Crippen molar-refractivity contribution in [1.82, 2.24) is 4.31 Å². The van der Waals surface area contributed by atoms with E-state index in [1.807, 2.05) is 31.3 Å². The lowest BCUT2D eigenvalue weighted by atomic mass is 10.2. The fourth-order valence-corrected chi connectivity index (χ4v) is 3.50. The lowest BCUT2D eigenvalue weighted by Gasteiger charge is -2.15. The lowest BCUT2D eigenvalue weighted by molar-refractivity contribution is -0.885. The molecule has 146 valence electrons. The number of amides is 1. The van der Waals surface area contributed by atoms with Crippen molar-refractivity contribution in [3.05, 3.63) is 54.1 Å². The predicted molar refractivity (Wildman–Crippen MR) is 104 cm³/mol. The Balaban J connectivity index is 1.93. The molecule has 7 nitrogen and oxygen atoms in total. The van der Waals surface area contributed by atoms with Gasteiger partial charge < -0.3 is 15.0 Å². The van der Waals surface area contributed by atoms with Crippen molar-refractivity contribution < 1.29 is 22.8 Å². The first-order valence-corrected chi connectivity index (χ1v) is 9.93. The second-order valence-corrected chi connectivity index (χ2v) is 8.67. The third-order valence-corrected chi connectivity index (χ3v) is 5.85. The van der Waals surface area contributed by atoms with Crippen LogP contribution in [0.2, 0.25) is 0 Å². The molecule has 0 spiro atoms. The molecule has 0 aromatic heterocycles. The van der Waals surface area contributed by atoms with Gasteiger partial charge in [0.2, 0.25) is 10.0 Å². The fourth-order valence-electron chi connectivity index (χ4n) is 2.59. The number of carbonyl (C=O) groups is 1. The maximum Gasteiger partial charge on any atom is 0.279 e. The summed E-state index contributed by atoms with van der Waals surface area (Å²) in [6.45, 7) is 0.972. The minimum absolute atomic E-state index is 0.140. The Morgan fingerprint density at radius 1 is 1.15 bits per heavy atom. The number of benzene rings is 2. The summed E-state index contributed by atoms with van der Waals surface area (Å²) in [5.74, 6) is 0.649. The Morgan fingerprint density at radius 3 is 2.41 bits per heavy atom. The average molecular weight is 393 g/mol. The first kappa shape index (κ1) is 20.9. The van der Waals surface area contributed by atoms with Gasteiger partial charge in [-0.05, 0) is 36.4 Å². The largest absolute Gasteiger partial charge is 0.497 e. The highest BCUT2D eigenvalue weighted by molar-refractivity contribution is 7.89. The highest BCUT2D eigenvalue weighted by Gasteiger charge is 2.17. The number of hydrogen-bond acceptors (Lipinski definition) is 4. The van der Waals surface area contributed by atoms with E-state index in [0.717, 1.165) is 20.5 Å². The molecule has 2 rings (SSSR count). The average Bonchev–Trinajstić information content (AvgIpc) is 2.61. The van der Waals surface area contributed by atoms with Crippen LogP contribution in [0.4, 0.5) is 5.69 Å². The molecule has 0 aliphatic rings. The van der Waals surface area contributed by atoms with Crippen LogP contribution >= 0.6 is 0 Å². The van der Waals surface area contributed by atoms with Gasteiger partial charge in [0.1, 0.15) is 12.3 Å². The lowest BCUT2D eigenvalue weighted by Crippen LogP contribution is -3.08. The molecule has 2 aromatic carbocycles. The van der Waals surface area contributed by atoms with Crippen molar-refractivity contribution >= 4 is 21.6 Å². The molecule has 0 saturated carbocycles. The highest BCUT2D eigenvalue weighted by Crippen LogP contribution is 2.16. The van der Waals surface area contributed by atoms with Gasteiger partial charge in [-0.2, -0.15) is 0 Å². The van der Waals surface area contributed by atoms with Crippen molar-refractivity contribution in [1.29, 1.82) is 0 Å². The minimum atomic E-state index is -3.48. The molecule has 0 bridgehead atoms. The van der Waals surface area contributed by atoms with Crippen LogP contribution < -0.4 is 15.0 Å². The molecule has 0 fully saturated rings.